The lowest BCUT2D eigenvalue weighted by atomic mass is 9.96. The van der Waals surface area contributed by atoms with Crippen LogP contribution in [-0.4, -0.2) is 14.7 Å². The van der Waals surface area contributed by atoms with Crippen LogP contribution in [0, 0.1) is 19.7 Å². The number of halogens is 1. The minimum Gasteiger partial charge on any atom is -0.351 e. The van der Waals surface area contributed by atoms with Crippen LogP contribution in [0.1, 0.15) is 47.2 Å². The summed E-state index contributed by atoms with van der Waals surface area (Å²) in [4.78, 5) is 6.73. The normalized spacial score (nSPS) is 17.8. The van der Waals surface area contributed by atoms with Crippen molar-refractivity contribution >= 4 is 23.0 Å². The van der Waals surface area contributed by atoms with Gasteiger partial charge in [-0.15, -0.1) is 0 Å². The third-order valence-electron chi connectivity index (χ3n) is 6.61. The summed E-state index contributed by atoms with van der Waals surface area (Å²) in [6.07, 6.45) is 2.76. The van der Waals surface area contributed by atoms with Gasteiger partial charge in [-0.05, 0) is 92.1 Å². The van der Waals surface area contributed by atoms with E-state index in [9.17, 15) is 4.39 Å². The van der Waals surface area contributed by atoms with Gasteiger partial charge in [0.25, 0.3) is 0 Å². The summed E-state index contributed by atoms with van der Waals surface area (Å²) in [6, 6.07) is 22.9. The highest BCUT2D eigenvalue weighted by atomic mass is 32.1. The monoisotopic (exact) mass is 470 g/mol. The number of hydrogen-bond acceptors (Lipinski definition) is 2. The van der Waals surface area contributed by atoms with E-state index in [0.717, 1.165) is 34.8 Å². The minimum absolute atomic E-state index is 0.137. The van der Waals surface area contributed by atoms with Crippen LogP contribution in [0.25, 0.3) is 5.69 Å². The molecule has 2 aromatic carbocycles. The van der Waals surface area contributed by atoms with E-state index in [1.807, 2.05) is 18.2 Å². The van der Waals surface area contributed by atoms with Crippen LogP contribution in [0.5, 0.6) is 0 Å². The Morgan fingerprint density at radius 3 is 2.44 bits per heavy atom. The Balaban J connectivity index is 1.69. The largest absolute Gasteiger partial charge is 0.351 e. The number of rotatable bonds is 5. The van der Waals surface area contributed by atoms with Gasteiger partial charge in [-0.2, -0.15) is 0 Å². The average molecular weight is 471 g/mol. The van der Waals surface area contributed by atoms with Crippen molar-refractivity contribution in [3.05, 3.63) is 113 Å². The molecule has 2 aromatic heterocycles. The van der Waals surface area contributed by atoms with Crippen molar-refractivity contribution in [2.24, 2.45) is 0 Å². The van der Waals surface area contributed by atoms with Gasteiger partial charge in [0.1, 0.15) is 5.82 Å². The van der Waals surface area contributed by atoms with E-state index in [4.69, 9.17) is 12.2 Å². The number of nitrogens with one attached hydrogen (secondary N) is 1. The predicted octanol–water partition coefficient (Wildman–Crippen LogP) is 6.37. The predicted molar refractivity (Wildman–Crippen MR) is 139 cm³/mol. The number of para-hydroxylation sites is 1. The van der Waals surface area contributed by atoms with Crippen LogP contribution >= 0.6 is 12.2 Å². The number of thiocarbonyl (C=S) groups is 1. The molecule has 172 valence electrons. The van der Waals surface area contributed by atoms with Crippen molar-refractivity contribution < 1.29 is 4.39 Å². The molecular formula is C28H27FN4S. The fourth-order valence-electron chi connectivity index (χ4n) is 5.04. The summed E-state index contributed by atoms with van der Waals surface area (Å²) in [5, 5.41) is 4.09. The first-order chi connectivity index (χ1) is 16.5. The summed E-state index contributed by atoms with van der Waals surface area (Å²) in [5.74, 6) is -0.269. The maximum Gasteiger partial charge on any atom is 0.174 e. The van der Waals surface area contributed by atoms with Gasteiger partial charge >= 0.3 is 0 Å². The van der Waals surface area contributed by atoms with Gasteiger partial charge in [-0.25, -0.2) is 4.39 Å². The van der Waals surface area contributed by atoms with Gasteiger partial charge in [0.2, 0.25) is 0 Å². The average Bonchev–Trinajstić information content (AvgIpc) is 3.35. The van der Waals surface area contributed by atoms with Crippen LogP contribution in [-0.2, 0) is 6.42 Å². The number of benzene rings is 2. The second-order valence-corrected chi connectivity index (χ2v) is 9.00. The summed E-state index contributed by atoms with van der Waals surface area (Å²) in [6.45, 7) is 6.48. The molecule has 0 aliphatic carbocycles. The first-order valence-corrected chi connectivity index (χ1v) is 11.9. The van der Waals surface area contributed by atoms with Gasteiger partial charge in [0.05, 0.1) is 17.8 Å². The molecule has 0 amide bonds. The van der Waals surface area contributed by atoms with E-state index in [0.29, 0.717) is 5.11 Å². The molecule has 1 fully saturated rings. The zero-order valence-corrected chi connectivity index (χ0v) is 20.3. The molecule has 1 saturated heterocycles. The Kier molecular flexibility index (Phi) is 5.92. The highest BCUT2D eigenvalue weighted by molar-refractivity contribution is 7.80. The zero-order chi connectivity index (χ0) is 23.8. The number of nitrogens with zero attached hydrogens (tertiary/aromatic N) is 3. The second-order valence-electron chi connectivity index (χ2n) is 8.62. The molecule has 2 atom stereocenters. The zero-order valence-electron chi connectivity index (χ0n) is 19.5. The molecule has 1 aliphatic heterocycles. The Bertz CT molecular complexity index is 1330. The Morgan fingerprint density at radius 1 is 1.00 bits per heavy atom. The molecule has 0 radical (unpaired) electrons. The van der Waals surface area contributed by atoms with Gasteiger partial charge in [-0.1, -0.05) is 31.2 Å². The van der Waals surface area contributed by atoms with E-state index in [-0.39, 0.29) is 17.9 Å². The first kappa shape index (κ1) is 22.3. The fraction of sp³-hybridized carbons (Fsp3) is 0.214. The van der Waals surface area contributed by atoms with Gasteiger partial charge in [-0.3, -0.25) is 4.98 Å². The van der Waals surface area contributed by atoms with Crippen LogP contribution in [0.2, 0.25) is 0 Å². The summed E-state index contributed by atoms with van der Waals surface area (Å²) < 4.78 is 16.1. The number of aromatic nitrogens is 2. The lowest BCUT2D eigenvalue weighted by Gasteiger charge is -2.28. The molecule has 0 bridgehead atoms. The number of aryl methyl sites for hydroxylation is 2. The molecule has 5 rings (SSSR count). The van der Waals surface area contributed by atoms with E-state index in [2.05, 4.69) is 70.9 Å². The van der Waals surface area contributed by atoms with Crippen molar-refractivity contribution in [3.8, 4) is 5.69 Å². The molecule has 0 unspecified atom stereocenters. The molecule has 1 N–H and O–H groups in total. The van der Waals surface area contributed by atoms with Crippen LogP contribution in [0.15, 0.2) is 79.0 Å². The molecule has 0 saturated carbocycles. The van der Waals surface area contributed by atoms with Gasteiger partial charge in [0.15, 0.2) is 5.11 Å². The summed E-state index contributed by atoms with van der Waals surface area (Å²) >= 11 is 5.81. The topological polar surface area (TPSA) is 33.1 Å². The molecule has 1 aliphatic rings. The smallest absolute Gasteiger partial charge is 0.174 e. The van der Waals surface area contributed by atoms with E-state index in [1.165, 1.54) is 23.4 Å². The number of hydrogen-bond donors (Lipinski definition) is 1. The molecule has 0 spiro atoms. The molecule has 6 heteroatoms. The van der Waals surface area contributed by atoms with Crippen molar-refractivity contribution in [2.45, 2.75) is 39.3 Å². The number of pyridine rings is 1. The molecule has 34 heavy (non-hydrogen) atoms. The SMILES string of the molecule is CCc1ccccc1-n1c(C)cc([C@@H]2[C@H](c3ccccn3)NC(=S)N2c2ccc(F)cc2)c1C. The quantitative estimate of drug-likeness (QED) is 0.344. The first-order valence-electron chi connectivity index (χ1n) is 11.5. The lowest BCUT2D eigenvalue weighted by Crippen LogP contribution is -2.29. The third-order valence-corrected chi connectivity index (χ3v) is 6.92. The Hall–Kier alpha value is -3.51. The molecule has 3 heterocycles. The maximum atomic E-state index is 13.7. The number of anilines is 1. The molecule has 4 aromatic rings. The standard InChI is InChI=1S/C28H27FN4S/c1-4-20-9-5-6-11-25(20)32-18(2)17-23(19(32)3)27-26(24-10-7-8-16-30-24)31-28(34)33(27)22-14-12-21(29)13-15-22/h5-17,26-27H,4H2,1-3H3,(H,31,34)/t26-,27+/m0/s1. The van der Waals surface area contributed by atoms with Gasteiger partial charge in [0, 0.05) is 29.0 Å². The second kappa shape index (κ2) is 9.03. The minimum atomic E-state index is -0.269. The van der Waals surface area contributed by atoms with Crippen LogP contribution in [0.4, 0.5) is 10.1 Å². The van der Waals surface area contributed by atoms with Crippen molar-refractivity contribution in [1.82, 2.24) is 14.9 Å². The third kappa shape index (κ3) is 3.78. The fourth-order valence-corrected chi connectivity index (χ4v) is 5.38. The Morgan fingerprint density at radius 2 is 1.74 bits per heavy atom. The van der Waals surface area contributed by atoms with Gasteiger partial charge < -0.3 is 14.8 Å². The van der Waals surface area contributed by atoms with Crippen molar-refractivity contribution in [2.75, 3.05) is 4.90 Å². The van der Waals surface area contributed by atoms with Crippen LogP contribution in [0.3, 0.4) is 0 Å². The summed E-state index contributed by atoms with van der Waals surface area (Å²) in [5.41, 5.74) is 7.73. The van der Waals surface area contributed by atoms with Crippen molar-refractivity contribution in [3.63, 3.8) is 0 Å². The van der Waals surface area contributed by atoms with Crippen molar-refractivity contribution in [1.29, 1.82) is 0 Å². The molecule has 4 nitrogen and oxygen atoms in total. The van der Waals surface area contributed by atoms with E-state index in [1.54, 1.807) is 18.3 Å². The maximum absolute atomic E-state index is 13.7. The summed E-state index contributed by atoms with van der Waals surface area (Å²) in [7, 11) is 0. The van der Waals surface area contributed by atoms with E-state index >= 15 is 0 Å². The molecular weight excluding hydrogens is 443 g/mol. The lowest BCUT2D eigenvalue weighted by molar-refractivity contribution is 0.565. The van der Waals surface area contributed by atoms with E-state index < -0.39 is 0 Å². The highest BCUT2D eigenvalue weighted by Gasteiger charge is 2.42. The highest BCUT2D eigenvalue weighted by Crippen LogP contribution is 2.43. The van der Waals surface area contributed by atoms with Crippen LogP contribution < -0.4 is 10.2 Å². The Labute approximate surface area is 205 Å².